The summed E-state index contributed by atoms with van der Waals surface area (Å²) in [5, 5.41) is 9.46. The summed E-state index contributed by atoms with van der Waals surface area (Å²) >= 11 is 15.3. The van der Waals surface area contributed by atoms with Gasteiger partial charge in [-0.1, -0.05) is 23.2 Å². The zero-order valence-electron chi connectivity index (χ0n) is 11.1. The molecule has 0 atom stereocenters. The van der Waals surface area contributed by atoms with Gasteiger partial charge in [0.25, 0.3) is 0 Å². The number of rotatable bonds is 5. The molecule has 0 aliphatic rings. The van der Waals surface area contributed by atoms with Crippen molar-refractivity contribution in [1.82, 2.24) is 0 Å². The Labute approximate surface area is 145 Å². The van der Waals surface area contributed by atoms with Gasteiger partial charge in [-0.15, -0.1) is 0 Å². The summed E-state index contributed by atoms with van der Waals surface area (Å²) in [5.41, 5.74) is 1.46. The normalized spacial score (nSPS) is 10.9. The molecule has 114 valence electrons. The summed E-state index contributed by atoms with van der Waals surface area (Å²) < 4.78 is 5.85. The zero-order valence-corrected chi connectivity index (χ0v) is 14.2. The van der Waals surface area contributed by atoms with Gasteiger partial charge in [0.1, 0.15) is 5.75 Å². The van der Waals surface area contributed by atoms with Crippen LogP contribution >= 0.6 is 39.1 Å². The van der Waals surface area contributed by atoms with Gasteiger partial charge >= 0.3 is 5.97 Å². The summed E-state index contributed by atoms with van der Waals surface area (Å²) in [7, 11) is 0. The van der Waals surface area contributed by atoms with E-state index < -0.39 is 12.6 Å². The van der Waals surface area contributed by atoms with Crippen LogP contribution < -0.4 is 4.74 Å². The molecule has 0 bridgehead atoms. The molecule has 0 saturated carbocycles. The summed E-state index contributed by atoms with van der Waals surface area (Å²) in [6.45, 7) is -0.440. The summed E-state index contributed by atoms with van der Waals surface area (Å²) in [5.74, 6) is -0.748. The maximum absolute atomic E-state index is 10.5. The Morgan fingerprint density at radius 1 is 1.23 bits per heavy atom. The third-order valence-corrected chi connectivity index (χ3v) is 4.10. The van der Waals surface area contributed by atoms with E-state index in [1.54, 1.807) is 30.5 Å². The molecule has 0 spiro atoms. The van der Waals surface area contributed by atoms with Crippen LogP contribution in [-0.4, -0.2) is 23.9 Å². The fourth-order valence-electron chi connectivity index (χ4n) is 1.57. The molecule has 4 nitrogen and oxygen atoms in total. The molecule has 0 aliphatic carbocycles. The highest BCUT2D eigenvalue weighted by molar-refractivity contribution is 9.10. The van der Waals surface area contributed by atoms with E-state index in [0.717, 1.165) is 10.0 Å². The first-order valence-corrected chi connectivity index (χ1v) is 7.64. The molecule has 0 saturated heterocycles. The van der Waals surface area contributed by atoms with Crippen LogP contribution in [0.1, 0.15) is 5.56 Å². The number of carboxylic acid groups (broad SMARTS) is 1. The number of carbonyl (C=O) groups is 1. The molecule has 0 unspecified atom stereocenters. The van der Waals surface area contributed by atoms with Crippen molar-refractivity contribution >= 4 is 57.0 Å². The van der Waals surface area contributed by atoms with E-state index in [9.17, 15) is 4.79 Å². The number of benzene rings is 2. The van der Waals surface area contributed by atoms with E-state index >= 15 is 0 Å². The third-order valence-electron chi connectivity index (χ3n) is 2.57. The maximum atomic E-state index is 10.5. The highest BCUT2D eigenvalue weighted by Gasteiger charge is 2.05. The molecular formula is C15H10BrCl2NO3. The summed E-state index contributed by atoms with van der Waals surface area (Å²) in [6, 6.07) is 10.3. The van der Waals surface area contributed by atoms with Crippen LogP contribution in [0.5, 0.6) is 5.75 Å². The Bertz CT molecular complexity index is 735. The van der Waals surface area contributed by atoms with E-state index in [4.69, 9.17) is 33.0 Å². The van der Waals surface area contributed by atoms with Gasteiger partial charge in [0.2, 0.25) is 0 Å². The molecule has 0 radical (unpaired) electrons. The standard InChI is InChI=1S/C15H10BrCl2NO3/c16-11-3-2-10(6-12(11)17)19-7-9-1-4-14(13(18)5-9)22-8-15(20)21/h1-7H,8H2,(H,20,21). The number of hydrogen-bond donors (Lipinski definition) is 1. The van der Waals surface area contributed by atoms with Crippen molar-refractivity contribution in [2.45, 2.75) is 0 Å². The van der Waals surface area contributed by atoms with Crippen molar-refractivity contribution in [2.75, 3.05) is 6.61 Å². The largest absolute Gasteiger partial charge is 0.480 e. The third kappa shape index (κ3) is 4.73. The van der Waals surface area contributed by atoms with Crippen LogP contribution in [0.3, 0.4) is 0 Å². The van der Waals surface area contributed by atoms with Gasteiger partial charge in [-0.25, -0.2) is 4.79 Å². The smallest absolute Gasteiger partial charge is 0.341 e. The van der Waals surface area contributed by atoms with Crippen molar-refractivity contribution in [3.8, 4) is 5.75 Å². The molecule has 0 fully saturated rings. The second-order valence-electron chi connectivity index (χ2n) is 4.23. The second-order valence-corrected chi connectivity index (χ2v) is 5.90. The van der Waals surface area contributed by atoms with Gasteiger partial charge in [-0.3, -0.25) is 4.99 Å². The fourth-order valence-corrected chi connectivity index (χ4v) is 2.23. The number of nitrogens with zero attached hydrogens (tertiary/aromatic N) is 1. The predicted octanol–water partition coefficient (Wildman–Crippen LogP) is 4.97. The van der Waals surface area contributed by atoms with Gasteiger partial charge in [0.05, 0.1) is 15.7 Å². The van der Waals surface area contributed by atoms with Crippen molar-refractivity contribution in [3.63, 3.8) is 0 Å². The average Bonchev–Trinajstić information content (AvgIpc) is 2.47. The molecule has 2 rings (SSSR count). The van der Waals surface area contributed by atoms with E-state index in [0.29, 0.717) is 21.5 Å². The first-order valence-electron chi connectivity index (χ1n) is 6.09. The van der Waals surface area contributed by atoms with Crippen LogP contribution in [0.2, 0.25) is 10.0 Å². The topological polar surface area (TPSA) is 58.9 Å². The maximum Gasteiger partial charge on any atom is 0.341 e. The Kier molecular flexibility index (Phi) is 5.83. The lowest BCUT2D eigenvalue weighted by Gasteiger charge is -2.05. The lowest BCUT2D eigenvalue weighted by molar-refractivity contribution is -0.139. The molecular weight excluding hydrogens is 393 g/mol. The van der Waals surface area contributed by atoms with E-state index in [1.807, 2.05) is 12.1 Å². The number of aliphatic carboxylic acids is 1. The monoisotopic (exact) mass is 401 g/mol. The van der Waals surface area contributed by atoms with Crippen molar-refractivity contribution in [2.24, 2.45) is 4.99 Å². The minimum absolute atomic E-state index is 0.313. The van der Waals surface area contributed by atoms with Crippen LogP contribution in [0, 0.1) is 0 Å². The second kappa shape index (κ2) is 7.63. The molecule has 22 heavy (non-hydrogen) atoms. The number of carboxylic acids is 1. The van der Waals surface area contributed by atoms with Crippen LogP contribution in [-0.2, 0) is 4.79 Å². The average molecular weight is 403 g/mol. The molecule has 2 aromatic carbocycles. The lowest BCUT2D eigenvalue weighted by atomic mass is 10.2. The first kappa shape index (κ1) is 16.8. The van der Waals surface area contributed by atoms with E-state index in [1.165, 1.54) is 0 Å². The molecule has 0 amide bonds. The zero-order chi connectivity index (χ0) is 16.1. The number of hydrogen-bond acceptors (Lipinski definition) is 3. The Morgan fingerprint density at radius 2 is 2.00 bits per heavy atom. The minimum Gasteiger partial charge on any atom is -0.480 e. The number of ether oxygens (including phenoxy) is 1. The molecule has 1 N–H and O–H groups in total. The highest BCUT2D eigenvalue weighted by Crippen LogP contribution is 2.28. The molecule has 7 heteroatoms. The molecule has 0 aliphatic heterocycles. The first-order chi connectivity index (χ1) is 10.5. The molecule has 0 aromatic heterocycles. The fraction of sp³-hybridized carbons (Fsp3) is 0.0667. The summed E-state index contributed by atoms with van der Waals surface area (Å²) in [4.78, 5) is 14.8. The predicted molar refractivity (Wildman–Crippen MR) is 91.0 cm³/mol. The van der Waals surface area contributed by atoms with Crippen LogP contribution in [0.15, 0.2) is 45.9 Å². The molecule has 0 heterocycles. The van der Waals surface area contributed by atoms with E-state index in [2.05, 4.69) is 20.9 Å². The minimum atomic E-state index is -1.06. The number of halogens is 3. The van der Waals surface area contributed by atoms with Gasteiger partial charge in [0.15, 0.2) is 6.61 Å². The Morgan fingerprint density at radius 3 is 2.64 bits per heavy atom. The van der Waals surface area contributed by atoms with Crippen molar-refractivity contribution in [3.05, 3.63) is 56.5 Å². The summed E-state index contributed by atoms with van der Waals surface area (Å²) in [6.07, 6.45) is 1.63. The molecule has 2 aromatic rings. The van der Waals surface area contributed by atoms with Gasteiger partial charge in [-0.2, -0.15) is 0 Å². The van der Waals surface area contributed by atoms with Crippen molar-refractivity contribution in [1.29, 1.82) is 0 Å². The lowest BCUT2D eigenvalue weighted by Crippen LogP contribution is -2.09. The van der Waals surface area contributed by atoms with Crippen LogP contribution in [0.25, 0.3) is 0 Å². The highest BCUT2D eigenvalue weighted by atomic mass is 79.9. The van der Waals surface area contributed by atoms with Gasteiger partial charge in [0, 0.05) is 10.7 Å². The SMILES string of the molecule is O=C(O)COc1ccc(C=Nc2ccc(Br)c(Cl)c2)cc1Cl. The number of aliphatic imine (C=N–C) groups is 1. The van der Waals surface area contributed by atoms with Gasteiger partial charge < -0.3 is 9.84 Å². The van der Waals surface area contributed by atoms with Gasteiger partial charge in [-0.05, 0) is 57.9 Å². The van der Waals surface area contributed by atoms with E-state index in [-0.39, 0.29) is 0 Å². The van der Waals surface area contributed by atoms with Crippen LogP contribution in [0.4, 0.5) is 5.69 Å². The van der Waals surface area contributed by atoms with Crippen molar-refractivity contribution < 1.29 is 14.6 Å². The quantitative estimate of drug-likeness (QED) is 0.718. The Hall–Kier alpha value is -1.56. The Balaban J connectivity index is 2.12.